The molecule has 108 valence electrons. The molecule has 1 rings (SSSR count). The number of hydrogen-bond donors (Lipinski definition) is 2. The Morgan fingerprint density at radius 3 is 2.85 bits per heavy atom. The molecule has 2 N–H and O–H groups in total. The standard InChI is InChI=1S/C17H24N2O/c1-4-7-9-15(6-3)13-18-17(20)19-16-11-8-10-14(5-2)12-16/h2,8,10-12,15H,4,6-7,9,13H2,1,3H3,(H2,18,19,20). The average molecular weight is 272 g/mol. The highest BCUT2D eigenvalue weighted by atomic mass is 16.2. The SMILES string of the molecule is C#Cc1cccc(NC(=O)NCC(CC)CCCC)c1. The van der Waals surface area contributed by atoms with Gasteiger partial charge in [0.15, 0.2) is 0 Å². The van der Waals surface area contributed by atoms with E-state index in [4.69, 9.17) is 6.42 Å². The number of nitrogens with one attached hydrogen (secondary N) is 2. The number of hydrogen-bond acceptors (Lipinski definition) is 1. The summed E-state index contributed by atoms with van der Waals surface area (Å²) in [5, 5.41) is 5.73. The smallest absolute Gasteiger partial charge is 0.319 e. The van der Waals surface area contributed by atoms with Crippen molar-refractivity contribution in [1.82, 2.24) is 5.32 Å². The van der Waals surface area contributed by atoms with Crippen molar-refractivity contribution in [2.75, 3.05) is 11.9 Å². The molecule has 3 heteroatoms. The first-order valence-corrected chi connectivity index (χ1v) is 7.31. The van der Waals surface area contributed by atoms with Gasteiger partial charge >= 0.3 is 6.03 Å². The minimum atomic E-state index is -0.172. The second-order valence-electron chi connectivity index (χ2n) is 4.98. The Balaban J connectivity index is 2.41. The first kappa shape index (κ1) is 16.1. The van der Waals surface area contributed by atoms with Crippen LogP contribution in [0.3, 0.4) is 0 Å². The Morgan fingerprint density at radius 1 is 1.40 bits per heavy atom. The van der Waals surface area contributed by atoms with E-state index in [1.807, 2.05) is 18.2 Å². The maximum atomic E-state index is 11.8. The summed E-state index contributed by atoms with van der Waals surface area (Å²) in [5.74, 6) is 3.10. The molecule has 20 heavy (non-hydrogen) atoms. The van der Waals surface area contributed by atoms with Crippen molar-refractivity contribution in [3.8, 4) is 12.3 Å². The number of unbranched alkanes of at least 4 members (excludes halogenated alkanes) is 1. The molecule has 0 spiro atoms. The van der Waals surface area contributed by atoms with Crippen LogP contribution in [0.4, 0.5) is 10.5 Å². The number of benzene rings is 1. The fourth-order valence-corrected chi connectivity index (χ4v) is 2.04. The van der Waals surface area contributed by atoms with E-state index in [1.54, 1.807) is 6.07 Å². The second-order valence-corrected chi connectivity index (χ2v) is 4.98. The zero-order valence-corrected chi connectivity index (χ0v) is 12.4. The lowest BCUT2D eigenvalue weighted by molar-refractivity contribution is 0.249. The Labute approximate surface area is 122 Å². The molecular weight excluding hydrogens is 248 g/mol. The normalized spacial score (nSPS) is 11.4. The maximum absolute atomic E-state index is 11.8. The summed E-state index contributed by atoms with van der Waals surface area (Å²) in [6.07, 6.45) is 10.0. The van der Waals surface area contributed by atoms with Gasteiger partial charge in [0.05, 0.1) is 0 Å². The van der Waals surface area contributed by atoms with Gasteiger partial charge in [0, 0.05) is 17.8 Å². The number of amides is 2. The summed E-state index contributed by atoms with van der Waals surface area (Å²) in [4.78, 5) is 11.8. The van der Waals surface area contributed by atoms with Gasteiger partial charge in [-0.3, -0.25) is 0 Å². The number of terminal acetylenes is 1. The summed E-state index contributed by atoms with van der Waals surface area (Å²) in [6, 6.07) is 7.11. The van der Waals surface area contributed by atoms with Gasteiger partial charge in [-0.05, 0) is 30.5 Å². The van der Waals surface area contributed by atoms with Gasteiger partial charge in [-0.15, -0.1) is 6.42 Å². The zero-order valence-electron chi connectivity index (χ0n) is 12.4. The van der Waals surface area contributed by atoms with Gasteiger partial charge in [-0.2, -0.15) is 0 Å². The summed E-state index contributed by atoms with van der Waals surface area (Å²) in [7, 11) is 0. The van der Waals surface area contributed by atoms with E-state index in [0.717, 1.165) is 24.2 Å². The van der Waals surface area contributed by atoms with Gasteiger partial charge < -0.3 is 10.6 Å². The van der Waals surface area contributed by atoms with Crippen molar-refractivity contribution in [2.24, 2.45) is 5.92 Å². The average Bonchev–Trinajstić information content (AvgIpc) is 2.47. The van der Waals surface area contributed by atoms with Crippen LogP contribution in [-0.2, 0) is 0 Å². The van der Waals surface area contributed by atoms with Crippen molar-refractivity contribution in [3.05, 3.63) is 29.8 Å². The van der Waals surface area contributed by atoms with E-state index in [1.165, 1.54) is 19.3 Å². The van der Waals surface area contributed by atoms with Crippen LogP contribution >= 0.6 is 0 Å². The monoisotopic (exact) mass is 272 g/mol. The predicted molar refractivity (Wildman–Crippen MR) is 84.7 cm³/mol. The van der Waals surface area contributed by atoms with Crippen molar-refractivity contribution in [1.29, 1.82) is 0 Å². The van der Waals surface area contributed by atoms with Gasteiger partial charge in [0.2, 0.25) is 0 Å². The largest absolute Gasteiger partial charge is 0.338 e. The van der Waals surface area contributed by atoms with Crippen LogP contribution in [0.5, 0.6) is 0 Å². The Kier molecular flexibility index (Phi) is 7.27. The summed E-state index contributed by atoms with van der Waals surface area (Å²) >= 11 is 0. The van der Waals surface area contributed by atoms with Crippen LogP contribution < -0.4 is 10.6 Å². The maximum Gasteiger partial charge on any atom is 0.319 e. The van der Waals surface area contributed by atoms with Crippen LogP contribution in [0.1, 0.15) is 45.1 Å². The highest BCUT2D eigenvalue weighted by molar-refractivity contribution is 5.89. The van der Waals surface area contributed by atoms with Crippen LogP contribution in [0.25, 0.3) is 0 Å². The molecule has 1 atom stereocenters. The summed E-state index contributed by atoms with van der Waals surface area (Å²) in [6.45, 7) is 5.07. The van der Waals surface area contributed by atoms with Gasteiger partial charge in [-0.1, -0.05) is 45.1 Å². The molecular formula is C17H24N2O. The molecule has 0 saturated carbocycles. The lowest BCUT2D eigenvalue weighted by Gasteiger charge is -2.15. The highest BCUT2D eigenvalue weighted by Crippen LogP contribution is 2.12. The molecule has 0 aliphatic heterocycles. The molecule has 1 aromatic carbocycles. The Morgan fingerprint density at radius 2 is 2.20 bits per heavy atom. The molecule has 0 aliphatic carbocycles. The highest BCUT2D eigenvalue weighted by Gasteiger charge is 2.08. The Bertz CT molecular complexity index is 462. The van der Waals surface area contributed by atoms with E-state index < -0.39 is 0 Å². The predicted octanol–water partition coefficient (Wildman–Crippen LogP) is 4.01. The van der Waals surface area contributed by atoms with E-state index in [0.29, 0.717) is 5.92 Å². The third kappa shape index (κ3) is 5.79. The van der Waals surface area contributed by atoms with Crippen molar-refractivity contribution in [3.63, 3.8) is 0 Å². The van der Waals surface area contributed by atoms with Crippen molar-refractivity contribution >= 4 is 11.7 Å². The third-order valence-corrected chi connectivity index (χ3v) is 3.38. The van der Waals surface area contributed by atoms with Gasteiger partial charge in [-0.25, -0.2) is 4.79 Å². The molecule has 1 aromatic rings. The van der Waals surface area contributed by atoms with Crippen LogP contribution in [0.2, 0.25) is 0 Å². The topological polar surface area (TPSA) is 41.1 Å². The first-order chi connectivity index (χ1) is 9.69. The molecule has 0 fully saturated rings. The van der Waals surface area contributed by atoms with Crippen LogP contribution in [0, 0.1) is 18.3 Å². The fraction of sp³-hybridized carbons (Fsp3) is 0.471. The molecule has 1 unspecified atom stereocenters. The molecule has 2 amide bonds. The molecule has 3 nitrogen and oxygen atoms in total. The summed E-state index contributed by atoms with van der Waals surface area (Å²) in [5.41, 5.74) is 1.48. The Hall–Kier alpha value is -1.95. The molecule has 0 radical (unpaired) electrons. The molecule has 0 aliphatic rings. The minimum Gasteiger partial charge on any atom is -0.338 e. The zero-order chi connectivity index (χ0) is 14.8. The van der Waals surface area contributed by atoms with Crippen LogP contribution in [0.15, 0.2) is 24.3 Å². The van der Waals surface area contributed by atoms with Crippen LogP contribution in [-0.4, -0.2) is 12.6 Å². The first-order valence-electron chi connectivity index (χ1n) is 7.31. The lowest BCUT2D eigenvalue weighted by Crippen LogP contribution is -2.33. The van der Waals surface area contributed by atoms with E-state index in [2.05, 4.69) is 30.4 Å². The molecule has 0 bridgehead atoms. The fourth-order valence-electron chi connectivity index (χ4n) is 2.04. The van der Waals surface area contributed by atoms with Crippen molar-refractivity contribution in [2.45, 2.75) is 39.5 Å². The third-order valence-electron chi connectivity index (χ3n) is 3.38. The number of rotatable bonds is 7. The number of carbonyl (C=O) groups is 1. The van der Waals surface area contributed by atoms with E-state index in [-0.39, 0.29) is 6.03 Å². The second kappa shape index (κ2) is 9.03. The minimum absolute atomic E-state index is 0.172. The van der Waals surface area contributed by atoms with Gasteiger partial charge in [0.25, 0.3) is 0 Å². The number of urea groups is 1. The summed E-state index contributed by atoms with van der Waals surface area (Å²) < 4.78 is 0. The molecule has 0 aromatic heterocycles. The quantitative estimate of drug-likeness (QED) is 0.724. The van der Waals surface area contributed by atoms with E-state index >= 15 is 0 Å². The van der Waals surface area contributed by atoms with E-state index in [9.17, 15) is 4.79 Å². The molecule has 0 heterocycles. The lowest BCUT2D eigenvalue weighted by atomic mass is 9.99. The number of anilines is 1. The van der Waals surface area contributed by atoms with Crippen molar-refractivity contribution < 1.29 is 4.79 Å². The molecule has 0 saturated heterocycles. The van der Waals surface area contributed by atoms with Gasteiger partial charge in [0.1, 0.15) is 0 Å². The number of carbonyl (C=O) groups excluding carboxylic acids is 1.